The number of nitrogens with one attached hydrogen (secondary N) is 3. The van der Waals surface area contributed by atoms with Gasteiger partial charge in [0.15, 0.2) is 5.13 Å². The van der Waals surface area contributed by atoms with Gasteiger partial charge in [-0.1, -0.05) is 0 Å². The Morgan fingerprint density at radius 1 is 1.12 bits per heavy atom. The van der Waals surface area contributed by atoms with Gasteiger partial charge in [0, 0.05) is 42.0 Å². The first kappa shape index (κ1) is 23.6. The van der Waals surface area contributed by atoms with E-state index >= 15 is 0 Å². The van der Waals surface area contributed by atoms with Crippen LogP contribution >= 0.6 is 11.3 Å². The maximum absolute atomic E-state index is 12.6. The van der Waals surface area contributed by atoms with E-state index in [0.717, 1.165) is 22.6 Å². The van der Waals surface area contributed by atoms with Crippen LogP contribution in [0, 0.1) is 13.8 Å². The van der Waals surface area contributed by atoms with E-state index in [-0.39, 0.29) is 10.8 Å². The molecule has 0 bridgehead atoms. The van der Waals surface area contributed by atoms with Crippen LogP contribution in [0.4, 0.5) is 10.8 Å². The van der Waals surface area contributed by atoms with Crippen molar-refractivity contribution < 1.29 is 18.0 Å². The van der Waals surface area contributed by atoms with Crippen molar-refractivity contribution in [3.05, 3.63) is 47.1 Å². The van der Waals surface area contributed by atoms with Gasteiger partial charge in [-0.15, -0.1) is 11.3 Å². The number of rotatable bonds is 7. The monoisotopic (exact) mass is 475 g/mol. The Morgan fingerprint density at radius 3 is 2.34 bits per heavy atom. The van der Waals surface area contributed by atoms with Crippen LogP contribution in [0.1, 0.15) is 25.2 Å². The number of aromatic nitrogens is 2. The Balaban J connectivity index is 1.66. The summed E-state index contributed by atoms with van der Waals surface area (Å²) in [6.45, 7) is 6.82. The molecule has 0 unspecified atom stereocenters. The summed E-state index contributed by atoms with van der Waals surface area (Å²) in [5.41, 5.74) is 4.38. The Bertz CT molecular complexity index is 1260. The lowest BCUT2D eigenvalue weighted by Crippen LogP contribution is -2.41. The minimum Gasteiger partial charge on any atom is -0.351 e. The molecule has 1 atom stereocenters. The molecule has 0 radical (unpaired) electrons. The fourth-order valence-corrected chi connectivity index (χ4v) is 4.97. The molecule has 32 heavy (non-hydrogen) atoms. The van der Waals surface area contributed by atoms with E-state index in [9.17, 15) is 18.0 Å². The molecule has 2 heterocycles. The van der Waals surface area contributed by atoms with Gasteiger partial charge in [0.05, 0.1) is 16.6 Å². The first-order chi connectivity index (χ1) is 15.0. The van der Waals surface area contributed by atoms with Crippen molar-refractivity contribution in [2.24, 2.45) is 7.05 Å². The van der Waals surface area contributed by atoms with Crippen LogP contribution < -0.4 is 15.4 Å². The van der Waals surface area contributed by atoms with E-state index in [4.69, 9.17) is 0 Å². The van der Waals surface area contributed by atoms with Crippen LogP contribution in [0.5, 0.6) is 0 Å². The molecule has 3 aromatic rings. The number of nitrogens with zero attached hydrogens (tertiary/aromatic N) is 2. The zero-order valence-electron chi connectivity index (χ0n) is 18.4. The van der Waals surface area contributed by atoms with Crippen LogP contribution in [0.15, 0.2) is 40.6 Å². The molecule has 0 aliphatic carbocycles. The first-order valence-electron chi connectivity index (χ1n) is 9.77. The Hall–Kier alpha value is -3.02. The molecule has 1 aromatic carbocycles. The van der Waals surface area contributed by atoms with Crippen LogP contribution in [0.2, 0.25) is 0 Å². The average Bonchev–Trinajstić information content (AvgIpc) is 3.27. The number of hydrogen-bond acceptors (Lipinski definition) is 6. The highest BCUT2D eigenvalue weighted by Crippen LogP contribution is 2.29. The molecular weight excluding hydrogens is 450 g/mol. The van der Waals surface area contributed by atoms with Crippen molar-refractivity contribution >= 4 is 44.0 Å². The second-order valence-corrected chi connectivity index (χ2v) is 9.99. The van der Waals surface area contributed by atoms with E-state index in [1.807, 2.05) is 32.3 Å². The van der Waals surface area contributed by atoms with E-state index in [1.165, 1.54) is 49.4 Å². The van der Waals surface area contributed by atoms with Crippen molar-refractivity contribution in [3.63, 3.8) is 0 Å². The highest BCUT2D eigenvalue weighted by Gasteiger charge is 2.23. The summed E-state index contributed by atoms with van der Waals surface area (Å²) in [7, 11) is -1.95. The van der Waals surface area contributed by atoms with Crippen LogP contribution in [-0.2, 0) is 26.7 Å². The number of anilines is 2. The van der Waals surface area contributed by atoms with E-state index in [2.05, 4.69) is 24.9 Å². The summed E-state index contributed by atoms with van der Waals surface area (Å²) in [5.74, 6) is -0.780. The van der Waals surface area contributed by atoms with Gasteiger partial charge in [0.2, 0.25) is 21.8 Å². The number of benzene rings is 1. The summed E-state index contributed by atoms with van der Waals surface area (Å²) in [5, 5.41) is 7.47. The molecule has 0 aliphatic heterocycles. The summed E-state index contributed by atoms with van der Waals surface area (Å²) < 4.78 is 29.6. The summed E-state index contributed by atoms with van der Waals surface area (Å²) in [4.78, 5) is 28.1. The molecular formula is C21H25N5O4S2. The summed E-state index contributed by atoms with van der Waals surface area (Å²) >= 11 is 1.27. The maximum Gasteiger partial charge on any atom is 0.244 e. The van der Waals surface area contributed by atoms with Gasteiger partial charge in [-0.25, -0.2) is 13.4 Å². The van der Waals surface area contributed by atoms with E-state index in [1.54, 1.807) is 0 Å². The van der Waals surface area contributed by atoms with E-state index in [0.29, 0.717) is 10.8 Å². The highest BCUT2D eigenvalue weighted by atomic mass is 32.2. The predicted molar refractivity (Wildman–Crippen MR) is 125 cm³/mol. The zero-order valence-corrected chi connectivity index (χ0v) is 20.0. The molecule has 0 aliphatic rings. The normalized spacial score (nSPS) is 12.4. The average molecular weight is 476 g/mol. The SMILES string of the molecule is CC(=O)Nc1ccc(S(=O)(=O)N[C@H](C)C(=O)Nc2nc(-c3cc(C)n(C)c3C)cs2)cc1. The number of sulfonamides is 1. The lowest BCUT2D eigenvalue weighted by atomic mass is 10.2. The molecule has 2 amide bonds. The zero-order chi connectivity index (χ0) is 23.6. The molecule has 0 fully saturated rings. The topological polar surface area (TPSA) is 122 Å². The Kier molecular flexibility index (Phi) is 6.82. The lowest BCUT2D eigenvalue weighted by Gasteiger charge is -2.14. The standard InChI is InChI=1S/C21H25N5O4S2/c1-12-10-18(14(3)26(12)5)19-11-31-21(23-19)24-20(28)13(2)25-32(29,30)17-8-6-16(7-9-17)22-15(4)27/h6-11,13,25H,1-5H3,(H,22,27)(H,23,24,28)/t13-/m1/s1. The number of thiazole rings is 1. The minimum atomic E-state index is -3.93. The van der Waals surface area contributed by atoms with Crippen LogP contribution in [-0.4, -0.2) is 35.8 Å². The van der Waals surface area contributed by atoms with Crippen LogP contribution in [0.25, 0.3) is 11.3 Å². The molecule has 3 N–H and O–H groups in total. The first-order valence-corrected chi connectivity index (χ1v) is 12.1. The molecule has 2 aromatic heterocycles. The van der Waals surface area contributed by atoms with Gasteiger partial charge in [0.1, 0.15) is 0 Å². The number of carbonyl (C=O) groups is 2. The molecule has 3 rings (SSSR count). The van der Waals surface area contributed by atoms with Gasteiger partial charge < -0.3 is 15.2 Å². The smallest absolute Gasteiger partial charge is 0.244 e. The fraction of sp³-hybridized carbons (Fsp3) is 0.286. The van der Waals surface area contributed by atoms with Crippen molar-refractivity contribution in [2.45, 2.75) is 38.6 Å². The Labute approximate surface area is 190 Å². The van der Waals surface area contributed by atoms with Crippen molar-refractivity contribution in [1.29, 1.82) is 0 Å². The molecule has 11 heteroatoms. The third-order valence-electron chi connectivity index (χ3n) is 5.00. The fourth-order valence-electron chi connectivity index (χ4n) is 3.06. The highest BCUT2D eigenvalue weighted by molar-refractivity contribution is 7.89. The van der Waals surface area contributed by atoms with E-state index < -0.39 is 22.0 Å². The largest absolute Gasteiger partial charge is 0.351 e. The molecule has 0 spiro atoms. The predicted octanol–water partition coefficient (Wildman–Crippen LogP) is 3.03. The summed E-state index contributed by atoms with van der Waals surface area (Å²) in [6.07, 6.45) is 0. The van der Waals surface area contributed by atoms with Crippen LogP contribution in [0.3, 0.4) is 0 Å². The second kappa shape index (κ2) is 9.23. The molecule has 170 valence electrons. The van der Waals surface area contributed by atoms with Gasteiger partial charge in [-0.2, -0.15) is 4.72 Å². The lowest BCUT2D eigenvalue weighted by molar-refractivity contribution is -0.117. The number of amides is 2. The molecule has 0 saturated carbocycles. The minimum absolute atomic E-state index is 0.0160. The molecule has 0 saturated heterocycles. The second-order valence-electron chi connectivity index (χ2n) is 7.42. The quantitative estimate of drug-likeness (QED) is 0.485. The van der Waals surface area contributed by atoms with Gasteiger partial charge >= 0.3 is 0 Å². The number of carbonyl (C=O) groups excluding carboxylic acids is 2. The third kappa shape index (κ3) is 5.23. The molecule has 9 nitrogen and oxygen atoms in total. The van der Waals surface area contributed by atoms with Gasteiger partial charge in [0.25, 0.3) is 0 Å². The van der Waals surface area contributed by atoms with Gasteiger partial charge in [-0.05, 0) is 51.1 Å². The Morgan fingerprint density at radius 2 is 1.78 bits per heavy atom. The number of aryl methyl sites for hydroxylation is 1. The van der Waals surface area contributed by atoms with Crippen molar-refractivity contribution in [1.82, 2.24) is 14.3 Å². The number of hydrogen-bond donors (Lipinski definition) is 3. The maximum atomic E-state index is 12.6. The van der Waals surface area contributed by atoms with Crippen molar-refractivity contribution in [2.75, 3.05) is 10.6 Å². The van der Waals surface area contributed by atoms with Gasteiger partial charge in [-0.3, -0.25) is 9.59 Å². The summed E-state index contributed by atoms with van der Waals surface area (Å²) in [6, 6.07) is 6.67. The van der Waals surface area contributed by atoms with Crippen molar-refractivity contribution in [3.8, 4) is 11.3 Å². The third-order valence-corrected chi connectivity index (χ3v) is 7.31.